The van der Waals surface area contributed by atoms with Crippen LogP contribution in [0.25, 0.3) is 10.4 Å². The summed E-state index contributed by atoms with van der Waals surface area (Å²) in [7, 11) is 1.90. The van der Waals surface area contributed by atoms with Crippen molar-refractivity contribution in [2.24, 2.45) is 7.05 Å². The lowest BCUT2D eigenvalue weighted by Crippen LogP contribution is -2.15. The summed E-state index contributed by atoms with van der Waals surface area (Å²) in [5.41, 5.74) is 6.15. The first-order chi connectivity index (χ1) is 14.5. The Hall–Kier alpha value is -3.25. The molecular formula is C24H24N4OS. The molecule has 5 nitrogen and oxygen atoms in total. The molecule has 0 fully saturated rings. The third-order valence-corrected chi connectivity index (χ3v) is 6.25. The van der Waals surface area contributed by atoms with Crippen molar-refractivity contribution in [1.29, 1.82) is 0 Å². The van der Waals surface area contributed by atoms with Gasteiger partial charge >= 0.3 is 0 Å². The lowest BCUT2D eigenvalue weighted by atomic mass is 10.1. The van der Waals surface area contributed by atoms with Gasteiger partial charge in [0.15, 0.2) is 5.13 Å². The standard InChI is InChI=1S/C24H24N4OS/c1-16-20(17(2)28(3)27-16)15-22(29)26-24-25-21(14-18-10-6-4-7-11-18)23(30-24)19-12-8-5-9-13-19/h4-13H,14-15H2,1-3H3,(H,25,26,29). The molecule has 0 saturated carbocycles. The molecule has 0 spiro atoms. The third-order valence-electron chi connectivity index (χ3n) is 5.19. The third kappa shape index (κ3) is 4.33. The predicted molar refractivity (Wildman–Crippen MR) is 122 cm³/mol. The highest BCUT2D eigenvalue weighted by atomic mass is 32.1. The number of amides is 1. The number of anilines is 1. The fourth-order valence-electron chi connectivity index (χ4n) is 3.53. The second-order valence-electron chi connectivity index (χ2n) is 7.32. The molecule has 2 aromatic heterocycles. The van der Waals surface area contributed by atoms with Gasteiger partial charge in [0.2, 0.25) is 5.91 Å². The zero-order valence-corrected chi connectivity index (χ0v) is 18.2. The number of nitrogens with zero attached hydrogens (tertiary/aromatic N) is 3. The van der Waals surface area contributed by atoms with Crippen molar-refractivity contribution in [2.75, 3.05) is 5.32 Å². The molecule has 2 aromatic carbocycles. The Morgan fingerprint density at radius 1 is 1.03 bits per heavy atom. The van der Waals surface area contributed by atoms with Gasteiger partial charge in [0.05, 0.1) is 22.7 Å². The number of aryl methyl sites for hydroxylation is 2. The van der Waals surface area contributed by atoms with Gasteiger partial charge in [0, 0.05) is 24.7 Å². The predicted octanol–water partition coefficient (Wildman–Crippen LogP) is 4.93. The monoisotopic (exact) mass is 416 g/mol. The van der Waals surface area contributed by atoms with Crippen LogP contribution in [-0.4, -0.2) is 20.7 Å². The van der Waals surface area contributed by atoms with Crippen molar-refractivity contribution in [3.05, 3.63) is 88.9 Å². The van der Waals surface area contributed by atoms with Crippen molar-refractivity contribution < 1.29 is 4.79 Å². The van der Waals surface area contributed by atoms with Gasteiger partial charge in [-0.25, -0.2) is 4.98 Å². The van der Waals surface area contributed by atoms with Crippen LogP contribution in [0.1, 0.15) is 28.2 Å². The van der Waals surface area contributed by atoms with Gasteiger partial charge in [-0.1, -0.05) is 72.0 Å². The average molecular weight is 417 g/mol. The Morgan fingerprint density at radius 2 is 1.70 bits per heavy atom. The Labute approximate surface area is 180 Å². The first-order valence-electron chi connectivity index (χ1n) is 9.89. The van der Waals surface area contributed by atoms with E-state index in [1.807, 2.05) is 62.0 Å². The average Bonchev–Trinajstić information content (AvgIpc) is 3.24. The highest BCUT2D eigenvalue weighted by Crippen LogP contribution is 2.34. The molecule has 2 heterocycles. The molecule has 1 amide bonds. The molecule has 152 valence electrons. The molecule has 30 heavy (non-hydrogen) atoms. The largest absolute Gasteiger partial charge is 0.302 e. The van der Waals surface area contributed by atoms with Gasteiger partial charge in [0.25, 0.3) is 0 Å². The maximum Gasteiger partial charge on any atom is 0.230 e. The smallest absolute Gasteiger partial charge is 0.230 e. The SMILES string of the molecule is Cc1nn(C)c(C)c1CC(=O)Nc1nc(Cc2ccccc2)c(-c2ccccc2)s1. The van der Waals surface area contributed by atoms with Crippen molar-refractivity contribution >= 4 is 22.4 Å². The minimum absolute atomic E-state index is 0.0752. The Kier molecular flexibility index (Phi) is 5.77. The highest BCUT2D eigenvalue weighted by Gasteiger charge is 2.18. The normalized spacial score (nSPS) is 10.9. The minimum atomic E-state index is -0.0752. The van der Waals surface area contributed by atoms with Crippen LogP contribution in [0.3, 0.4) is 0 Å². The molecule has 0 aliphatic carbocycles. The van der Waals surface area contributed by atoms with E-state index in [0.29, 0.717) is 11.6 Å². The quantitative estimate of drug-likeness (QED) is 0.485. The molecular weight excluding hydrogens is 392 g/mol. The zero-order chi connectivity index (χ0) is 21.1. The molecule has 0 bridgehead atoms. The summed E-state index contributed by atoms with van der Waals surface area (Å²) in [4.78, 5) is 18.6. The fraction of sp³-hybridized carbons (Fsp3) is 0.208. The van der Waals surface area contributed by atoms with Crippen LogP contribution >= 0.6 is 11.3 Å². The van der Waals surface area contributed by atoms with E-state index in [4.69, 9.17) is 4.98 Å². The minimum Gasteiger partial charge on any atom is -0.302 e. The van der Waals surface area contributed by atoms with Crippen LogP contribution in [0.4, 0.5) is 5.13 Å². The molecule has 6 heteroatoms. The van der Waals surface area contributed by atoms with Crippen LogP contribution in [0, 0.1) is 13.8 Å². The summed E-state index contributed by atoms with van der Waals surface area (Å²) in [5.74, 6) is -0.0752. The summed E-state index contributed by atoms with van der Waals surface area (Å²) in [6, 6.07) is 20.5. The molecule has 0 radical (unpaired) electrons. The Bertz CT molecular complexity index is 1160. The lowest BCUT2D eigenvalue weighted by molar-refractivity contribution is -0.115. The second-order valence-corrected chi connectivity index (χ2v) is 8.32. The van der Waals surface area contributed by atoms with E-state index in [2.05, 4.69) is 34.7 Å². The van der Waals surface area contributed by atoms with Crippen LogP contribution in [-0.2, 0) is 24.7 Å². The van der Waals surface area contributed by atoms with Crippen LogP contribution in [0.15, 0.2) is 60.7 Å². The summed E-state index contributed by atoms with van der Waals surface area (Å²) in [6.45, 7) is 3.92. The number of carbonyl (C=O) groups excluding carboxylic acids is 1. The van der Waals surface area contributed by atoms with E-state index in [1.54, 1.807) is 0 Å². The van der Waals surface area contributed by atoms with Gasteiger partial charge in [-0.05, 0) is 25.0 Å². The molecule has 1 N–H and O–H groups in total. The highest BCUT2D eigenvalue weighted by molar-refractivity contribution is 7.19. The van der Waals surface area contributed by atoms with Crippen LogP contribution in [0.2, 0.25) is 0 Å². The van der Waals surface area contributed by atoms with E-state index < -0.39 is 0 Å². The van der Waals surface area contributed by atoms with E-state index >= 15 is 0 Å². The summed E-state index contributed by atoms with van der Waals surface area (Å²) < 4.78 is 1.81. The summed E-state index contributed by atoms with van der Waals surface area (Å²) in [6.07, 6.45) is 1.01. The van der Waals surface area contributed by atoms with E-state index in [-0.39, 0.29) is 5.91 Å². The topological polar surface area (TPSA) is 59.8 Å². The first kappa shape index (κ1) is 20.0. The number of hydrogen-bond acceptors (Lipinski definition) is 4. The van der Waals surface area contributed by atoms with Crippen molar-refractivity contribution in [3.8, 4) is 10.4 Å². The molecule has 0 aliphatic rings. The number of carbonyl (C=O) groups is 1. The number of hydrogen-bond donors (Lipinski definition) is 1. The van der Waals surface area contributed by atoms with Gasteiger partial charge in [-0.2, -0.15) is 5.10 Å². The van der Waals surface area contributed by atoms with Crippen molar-refractivity contribution in [1.82, 2.24) is 14.8 Å². The van der Waals surface area contributed by atoms with Crippen LogP contribution < -0.4 is 5.32 Å². The maximum absolute atomic E-state index is 12.7. The lowest BCUT2D eigenvalue weighted by Gasteiger charge is -2.03. The number of nitrogens with one attached hydrogen (secondary N) is 1. The zero-order valence-electron chi connectivity index (χ0n) is 17.3. The van der Waals surface area contributed by atoms with E-state index in [1.165, 1.54) is 16.9 Å². The van der Waals surface area contributed by atoms with Gasteiger partial charge < -0.3 is 5.32 Å². The molecule has 0 unspecified atom stereocenters. The van der Waals surface area contributed by atoms with Crippen LogP contribution in [0.5, 0.6) is 0 Å². The van der Waals surface area contributed by atoms with Crippen molar-refractivity contribution in [2.45, 2.75) is 26.7 Å². The number of thiazole rings is 1. The second kappa shape index (κ2) is 8.63. The molecule has 4 aromatic rings. The molecule has 0 saturated heterocycles. The number of rotatable bonds is 6. The van der Waals surface area contributed by atoms with E-state index in [9.17, 15) is 4.79 Å². The Balaban J connectivity index is 1.59. The molecule has 0 atom stereocenters. The summed E-state index contributed by atoms with van der Waals surface area (Å²) >= 11 is 1.52. The fourth-order valence-corrected chi connectivity index (χ4v) is 4.53. The molecule has 0 aliphatic heterocycles. The van der Waals surface area contributed by atoms with Gasteiger partial charge in [-0.3, -0.25) is 9.48 Å². The van der Waals surface area contributed by atoms with Gasteiger partial charge in [-0.15, -0.1) is 0 Å². The molecule has 4 rings (SSSR count). The van der Waals surface area contributed by atoms with E-state index in [0.717, 1.165) is 39.5 Å². The first-order valence-corrected chi connectivity index (χ1v) is 10.7. The number of benzene rings is 2. The summed E-state index contributed by atoms with van der Waals surface area (Å²) in [5, 5.41) is 8.03. The number of aromatic nitrogens is 3. The van der Waals surface area contributed by atoms with Gasteiger partial charge in [0.1, 0.15) is 0 Å². The maximum atomic E-state index is 12.7. The Morgan fingerprint density at radius 3 is 2.33 bits per heavy atom. The van der Waals surface area contributed by atoms with Crippen molar-refractivity contribution in [3.63, 3.8) is 0 Å².